The zero-order chi connectivity index (χ0) is 11.1. The van der Waals surface area contributed by atoms with Gasteiger partial charge in [0.05, 0.1) is 4.21 Å². The Balaban J connectivity index is 1.71. The number of fused-ring (bicyclic) bond motifs is 1. The van der Waals surface area contributed by atoms with Gasteiger partial charge in [-0.05, 0) is 42.2 Å². The first-order chi connectivity index (χ1) is 7.72. The highest BCUT2D eigenvalue weighted by molar-refractivity contribution is 8.01. The molecule has 88 valence electrons. The molecule has 1 nitrogen and oxygen atoms in total. The van der Waals surface area contributed by atoms with Gasteiger partial charge in [-0.1, -0.05) is 13.8 Å². The number of hydrogen-bond acceptors (Lipinski definition) is 3. The van der Waals surface area contributed by atoms with Crippen LogP contribution < -0.4 is 5.32 Å². The highest BCUT2D eigenvalue weighted by Crippen LogP contribution is 2.44. The van der Waals surface area contributed by atoms with Crippen LogP contribution >= 0.6 is 23.1 Å². The van der Waals surface area contributed by atoms with Gasteiger partial charge in [-0.15, -0.1) is 23.1 Å². The van der Waals surface area contributed by atoms with Gasteiger partial charge in [-0.2, -0.15) is 0 Å². The Morgan fingerprint density at radius 2 is 2.06 bits per heavy atom. The Kier molecular flexibility index (Phi) is 3.03. The van der Waals surface area contributed by atoms with E-state index in [4.69, 9.17) is 0 Å². The summed E-state index contributed by atoms with van der Waals surface area (Å²) in [7, 11) is 0. The van der Waals surface area contributed by atoms with Crippen LogP contribution in [0.3, 0.4) is 0 Å². The van der Waals surface area contributed by atoms with Crippen LogP contribution in [0.15, 0.2) is 15.7 Å². The Morgan fingerprint density at radius 1 is 1.25 bits per heavy atom. The fourth-order valence-electron chi connectivity index (χ4n) is 2.83. The van der Waals surface area contributed by atoms with Gasteiger partial charge in [0.2, 0.25) is 0 Å². The molecular weight excluding hydrogens is 234 g/mol. The molecule has 2 heterocycles. The van der Waals surface area contributed by atoms with E-state index in [1.807, 2.05) is 11.3 Å². The summed E-state index contributed by atoms with van der Waals surface area (Å²) in [6.45, 7) is 4.71. The first-order valence-corrected chi connectivity index (χ1v) is 7.98. The molecule has 1 aromatic rings. The van der Waals surface area contributed by atoms with Crippen molar-refractivity contribution in [3.8, 4) is 0 Å². The summed E-state index contributed by atoms with van der Waals surface area (Å²) in [5, 5.41) is 6.86. The third kappa shape index (κ3) is 2.05. The van der Waals surface area contributed by atoms with E-state index in [0.717, 1.165) is 17.2 Å². The third-order valence-electron chi connectivity index (χ3n) is 3.72. The molecule has 0 radical (unpaired) electrons. The second-order valence-corrected chi connectivity index (χ2v) is 7.94. The standard InChI is InChI=1S/C13H19NS2/c1-8-5-10(6-8)14-12-7-9(2)16-13-11(12)3-4-15-13/h3-4,8-10,12,14H,5-7H2,1-2H3/t8?,9-,10?,12?/m0/s1. The van der Waals surface area contributed by atoms with Gasteiger partial charge < -0.3 is 5.32 Å². The van der Waals surface area contributed by atoms with Gasteiger partial charge in [-0.3, -0.25) is 0 Å². The van der Waals surface area contributed by atoms with Gasteiger partial charge in [-0.25, -0.2) is 0 Å². The molecule has 1 aromatic heterocycles. The monoisotopic (exact) mass is 253 g/mol. The smallest absolute Gasteiger partial charge is 0.0649 e. The molecule has 2 aliphatic rings. The van der Waals surface area contributed by atoms with E-state index in [9.17, 15) is 0 Å². The first kappa shape index (κ1) is 11.1. The molecule has 0 spiro atoms. The minimum Gasteiger partial charge on any atom is -0.307 e. The van der Waals surface area contributed by atoms with Gasteiger partial charge in [0.1, 0.15) is 0 Å². The van der Waals surface area contributed by atoms with Crippen molar-refractivity contribution in [2.45, 2.75) is 54.7 Å². The van der Waals surface area contributed by atoms with Crippen molar-refractivity contribution in [2.75, 3.05) is 0 Å². The lowest BCUT2D eigenvalue weighted by Gasteiger charge is -2.38. The highest BCUT2D eigenvalue weighted by Gasteiger charge is 2.31. The number of rotatable bonds is 2. The molecule has 3 rings (SSSR count). The summed E-state index contributed by atoms with van der Waals surface area (Å²) >= 11 is 3.96. The van der Waals surface area contributed by atoms with E-state index in [-0.39, 0.29) is 0 Å². The first-order valence-electron chi connectivity index (χ1n) is 6.22. The zero-order valence-corrected chi connectivity index (χ0v) is 11.5. The van der Waals surface area contributed by atoms with Crippen LogP contribution in [-0.2, 0) is 0 Å². The topological polar surface area (TPSA) is 12.0 Å². The van der Waals surface area contributed by atoms with E-state index in [1.165, 1.54) is 19.3 Å². The lowest BCUT2D eigenvalue weighted by Crippen LogP contribution is -2.43. The van der Waals surface area contributed by atoms with Gasteiger partial charge in [0.15, 0.2) is 0 Å². The van der Waals surface area contributed by atoms with Crippen LogP contribution in [0.4, 0.5) is 0 Å². The number of thioether (sulfide) groups is 1. The molecule has 1 fully saturated rings. The van der Waals surface area contributed by atoms with Crippen LogP contribution in [0.1, 0.15) is 44.7 Å². The molecular formula is C13H19NS2. The lowest BCUT2D eigenvalue weighted by atomic mass is 9.81. The fourth-order valence-corrected chi connectivity index (χ4v) is 5.40. The van der Waals surface area contributed by atoms with E-state index >= 15 is 0 Å². The molecule has 0 aromatic carbocycles. The van der Waals surface area contributed by atoms with Crippen molar-refractivity contribution in [3.05, 3.63) is 17.0 Å². The van der Waals surface area contributed by atoms with Crippen LogP contribution in [0.25, 0.3) is 0 Å². The van der Waals surface area contributed by atoms with Crippen molar-refractivity contribution in [3.63, 3.8) is 0 Å². The third-order valence-corrected chi connectivity index (χ3v) is 6.06. The SMILES string of the molecule is CC1CC(NC2C[C@H](C)Sc3sccc32)C1. The van der Waals surface area contributed by atoms with Crippen LogP contribution in [0.5, 0.6) is 0 Å². The molecule has 1 aliphatic heterocycles. The van der Waals surface area contributed by atoms with E-state index in [2.05, 4.69) is 42.4 Å². The minimum absolute atomic E-state index is 0.620. The quantitative estimate of drug-likeness (QED) is 0.853. The van der Waals surface area contributed by atoms with Crippen LogP contribution in [-0.4, -0.2) is 11.3 Å². The Hall–Kier alpha value is 0.0100. The predicted octanol–water partition coefficient (Wildman–Crippen LogP) is 4.06. The minimum atomic E-state index is 0.620. The second kappa shape index (κ2) is 4.35. The van der Waals surface area contributed by atoms with Gasteiger partial charge >= 0.3 is 0 Å². The van der Waals surface area contributed by atoms with Crippen LogP contribution in [0, 0.1) is 5.92 Å². The van der Waals surface area contributed by atoms with Crippen molar-refractivity contribution in [1.82, 2.24) is 5.32 Å². The fraction of sp³-hybridized carbons (Fsp3) is 0.692. The highest BCUT2D eigenvalue weighted by atomic mass is 32.2. The molecule has 1 saturated carbocycles. The van der Waals surface area contributed by atoms with Crippen LogP contribution in [0.2, 0.25) is 0 Å². The predicted molar refractivity (Wildman–Crippen MR) is 72.3 cm³/mol. The van der Waals surface area contributed by atoms with Crippen molar-refractivity contribution in [1.29, 1.82) is 0 Å². The van der Waals surface area contributed by atoms with E-state index in [0.29, 0.717) is 6.04 Å². The molecule has 3 heteroatoms. The maximum atomic E-state index is 3.85. The number of nitrogens with one attached hydrogen (secondary N) is 1. The molecule has 2 atom stereocenters. The summed E-state index contributed by atoms with van der Waals surface area (Å²) in [5.74, 6) is 0.940. The Morgan fingerprint density at radius 3 is 2.81 bits per heavy atom. The summed E-state index contributed by atoms with van der Waals surface area (Å²) in [6, 6.07) is 3.72. The average molecular weight is 253 g/mol. The zero-order valence-electron chi connectivity index (χ0n) is 9.90. The number of thiophene rings is 1. The van der Waals surface area contributed by atoms with Gasteiger partial charge in [0, 0.05) is 17.3 Å². The maximum absolute atomic E-state index is 3.85. The Bertz CT molecular complexity index is 368. The molecule has 1 N–H and O–H groups in total. The van der Waals surface area contributed by atoms with E-state index < -0.39 is 0 Å². The van der Waals surface area contributed by atoms with Gasteiger partial charge in [0.25, 0.3) is 0 Å². The van der Waals surface area contributed by atoms with Crippen molar-refractivity contribution in [2.24, 2.45) is 5.92 Å². The molecule has 16 heavy (non-hydrogen) atoms. The van der Waals surface area contributed by atoms with E-state index in [1.54, 1.807) is 9.77 Å². The summed E-state index contributed by atoms with van der Waals surface area (Å²) in [6.07, 6.45) is 4.04. The van der Waals surface area contributed by atoms with Crippen molar-refractivity contribution < 1.29 is 0 Å². The number of hydrogen-bond donors (Lipinski definition) is 1. The summed E-state index contributed by atoms with van der Waals surface area (Å²) < 4.78 is 1.55. The molecule has 0 bridgehead atoms. The largest absolute Gasteiger partial charge is 0.307 e. The average Bonchev–Trinajstić information content (AvgIpc) is 2.62. The summed E-state index contributed by atoms with van der Waals surface area (Å²) in [5.41, 5.74) is 1.56. The normalized spacial score (nSPS) is 37.9. The molecule has 1 aliphatic carbocycles. The second-order valence-electron chi connectivity index (χ2n) is 5.32. The van der Waals surface area contributed by atoms with Crippen molar-refractivity contribution >= 4 is 23.1 Å². The molecule has 1 unspecified atom stereocenters. The Labute approximate surface area is 106 Å². The molecule has 0 amide bonds. The summed E-state index contributed by atoms with van der Waals surface area (Å²) in [4.78, 5) is 0. The lowest BCUT2D eigenvalue weighted by molar-refractivity contribution is 0.217. The maximum Gasteiger partial charge on any atom is 0.0649 e. The molecule has 0 saturated heterocycles.